The van der Waals surface area contributed by atoms with E-state index < -0.39 is 0 Å². The average Bonchev–Trinajstić information content (AvgIpc) is 3.22. The van der Waals surface area contributed by atoms with Crippen LogP contribution in [0.3, 0.4) is 0 Å². The largest absolute Gasteiger partial charge is 0.397 e. The van der Waals surface area contributed by atoms with Crippen LogP contribution in [-0.4, -0.2) is 52.9 Å². The van der Waals surface area contributed by atoms with Crippen molar-refractivity contribution in [1.29, 1.82) is 0 Å². The summed E-state index contributed by atoms with van der Waals surface area (Å²) in [7, 11) is 0. The lowest BCUT2D eigenvalue weighted by molar-refractivity contribution is -0.129. The molecule has 3 aliphatic rings. The van der Waals surface area contributed by atoms with E-state index in [2.05, 4.69) is 9.88 Å². The fourth-order valence-electron chi connectivity index (χ4n) is 5.17. The number of likely N-dealkylation sites (tertiary alicyclic amines) is 2. The van der Waals surface area contributed by atoms with Gasteiger partial charge in [-0.1, -0.05) is 0 Å². The molecule has 1 aromatic carbocycles. The Bertz CT molecular complexity index is 898. The lowest BCUT2D eigenvalue weighted by Gasteiger charge is -2.37. The Kier molecular flexibility index (Phi) is 4.74. The highest BCUT2D eigenvalue weighted by Crippen LogP contribution is 2.41. The molecule has 2 aromatic rings. The molecular formula is C23H27FN4O. The molecule has 1 aliphatic carbocycles. The van der Waals surface area contributed by atoms with Crippen molar-refractivity contribution in [3.05, 3.63) is 47.9 Å². The molecule has 2 aliphatic heterocycles. The van der Waals surface area contributed by atoms with Gasteiger partial charge in [0, 0.05) is 24.7 Å². The first-order valence-electron chi connectivity index (χ1n) is 10.6. The number of nitrogens with zero attached hydrogens (tertiary/aromatic N) is 3. The highest BCUT2D eigenvalue weighted by molar-refractivity contribution is 5.80. The minimum atomic E-state index is -0.282. The number of pyridine rings is 1. The van der Waals surface area contributed by atoms with Crippen molar-refractivity contribution in [1.82, 2.24) is 14.8 Å². The van der Waals surface area contributed by atoms with E-state index in [0.29, 0.717) is 28.9 Å². The number of hydrogen-bond acceptors (Lipinski definition) is 4. The summed E-state index contributed by atoms with van der Waals surface area (Å²) in [5.74, 6) is 1.10. The van der Waals surface area contributed by atoms with Crippen LogP contribution in [-0.2, 0) is 11.2 Å². The van der Waals surface area contributed by atoms with E-state index in [1.54, 1.807) is 18.2 Å². The van der Waals surface area contributed by atoms with Crippen LogP contribution in [0.25, 0.3) is 11.3 Å². The SMILES string of the molecule is Nc1ccc(-c2ccc(F)cc2)nc1CC(=O)N1CC2CC(N3CCC3)CC2C1. The quantitative estimate of drug-likeness (QED) is 0.866. The number of hydrogen-bond donors (Lipinski definition) is 1. The summed E-state index contributed by atoms with van der Waals surface area (Å²) in [6.07, 6.45) is 4.02. The first-order valence-corrected chi connectivity index (χ1v) is 10.6. The van der Waals surface area contributed by atoms with Crippen molar-refractivity contribution in [2.24, 2.45) is 11.8 Å². The number of rotatable bonds is 4. The van der Waals surface area contributed by atoms with Crippen molar-refractivity contribution >= 4 is 11.6 Å². The number of benzene rings is 1. The standard InChI is InChI=1S/C23H27FN4O/c24-18-4-2-15(3-5-18)21-7-6-20(25)22(26-21)12-23(29)28-13-16-10-19(11-17(16)14-28)27-8-1-9-27/h2-7,16-17,19H,1,8-14,25H2. The number of halogens is 1. The highest BCUT2D eigenvalue weighted by Gasteiger charge is 2.44. The van der Waals surface area contributed by atoms with E-state index in [1.807, 2.05) is 11.0 Å². The van der Waals surface area contributed by atoms with Gasteiger partial charge in [0.25, 0.3) is 0 Å². The molecule has 1 saturated carbocycles. The van der Waals surface area contributed by atoms with Crippen LogP contribution in [0.1, 0.15) is 25.0 Å². The molecule has 0 spiro atoms. The Balaban J connectivity index is 1.24. The van der Waals surface area contributed by atoms with Crippen LogP contribution in [0.2, 0.25) is 0 Å². The number of anilines is 1. The first-order chi connectivity index (χ1) is 14.1. The van der Waals surface area contributed by atoms with Crippen molar-refractivity contribution in [2.45, 2.75) is 31.7 Å². The number of aromatic nitrogens is 1. The third-order valence-electron chi connectivity index (χ3n) is 6.95. The summed E-state index contributed by atoms with van der Waals surface area (Å²) in [6.45, 7) is 4.24. The first kappa shape index (κ1) is 18.6. The molecule has 2 unspecified atom stereocenters. The Morgan fingerprint density at radius 2 is 1.76 bits per heavy atom. The highest BCUT2D eigenvalue weighted by atomic mass is 19.1. The summed E-state index contributed by atoms with van der Waals surface area (Å²) < 4.78 is 13.2. The molecule has 3 heterocycles. The van der Waals surface area contributed by atoms with E-state index in [1.165, 1.54) is 44.5 Å². The van der Waals surface area contributed by atoms with Gasteiger partial charge < -0.3 is 15.5 Å². The maximum absolute atomic E-state index is 13.2. The van der Waals surface area contributed by atoms with Gasteiger partial charge in [-0.15, -0.1) is 0 Å². The molecule has 5 rings (SSSR count). The van der Waals surface area contributed by atoms with Crippen molar-refractivity contribution < 1.29 is 9.18 Å². The maximum atomic E-state index is 13.2. The zero-order chi connectivity index (χ0) is 20.0. The normalized spacial score (nSPS) is 26.4. The molecule has 152 valence electrons. The molecule has 6 heteroatoms. The van der Waals surface area contributed by atoms with Crippen LogP contribution >= 0.6 is 0 Å². The fraction of sp³-hybridized carbons (Fsp3) is 0.478. The Labute approximate surface area is 170 Å². The smallest absolute Gasteiger partial charge is 0.228 e. The zero-order valence-corrected chi connectivity index (χ0v) is 16.6. The lowest BCUT2D eigenvalue weighted by atomic mass is 10.0. The molecule has 3 fully saturated rings. The average molecular weight is 394 g/mol. The summed E-state index contributed by atoms with van der Waals surface area (Å²) in [4.78, 5) is 22.2. The third-order valence-corrected chi connectivity index (χ3v) is 6.95. The molecule has 1 amide bonds. The fourth-order valence-corrected chi connectivity index (χ4v) is 5.17. The molecular weight excluding hydrogens is 367 g/mol. The third kappa shape index (κ3) is 3.62. The van der Waals surface area contributed by atoms with E-state index >= 15 is 0 Å². The second-order valence-electron chi connectivity index (χ2n) is 8.75. The van der Waals surface area contributed by atoms with Crippen LogP contribution < -0.4 is 5.73 Å². The zero-order valence-electron chi connectivity index (χ0n) is 16.6. The minimum absolute atomic E-state index is 0.107. The van der Waals surface area contributed by atoms with Gasteiger partial charge in [0.1, 0.15) is 5.82 Å². The molecule has 5 nitrogen and oxygen atoms in total. The predicted molar refractivity (Wildman–Crippen MR) is 111 cm³/mol. The molecule has 2 saturated heterocycles. The maximum Gasteiger partial charge on any atom is 0.228 e. The lowest BCUT2D eigenvalue weighted by Crippen LogP contribution is -2.44. The van der Waals surface area contributed by atoms with Gasteiger partial charge in [0.2, 0.25) is 5.91 Å². The van der Waals surface area contributed by atoms with E-state index in [-0.39, 0.29) is 18.1 Å². The Hall–Kier alpha value is -2.47. The molecule has 2 atom stereocenters. The Morgan fingerprint density at radius 1 is 1.07 bits per heavy atom. The van der Waals surface area contributed by atoms with Gasteiger partial charge >= 0.3 is 0 Å². The molecule has 1 aromatic heterocycles. The number of carbonyl (C=O) groups excluding carboxylic acids is 1. The van der Waals surface area contributed by atoms with E-state index in [4.69, 9.17) is 5.73 Å². The van der Waals surface area contributed by atoms with Crippen molar-refractivity contribution in [3.63, 3.8) is 0 Å². The summed E-state index contributed by atoms with van der Waals surface area (Å²) in [5.41, 5.74) is 8.76. The van der Waals surface area contributed by atoms with Gasteiger partial charge in [-0.2, -0.15) is 0 Å². The summed E-state index contributed by atoms with van der Waals surface area (Å²) in [6, 6.07) is 10.5. The van der Waals surface area contributed by atoms with Crippen LogP contribution in [0.4, 0.5) is 10.1 Å². The molecule has 0 bridgehead atoms. The number of nitrogen functional groups attached to an aromatic ring is 1. The van der Waals surface area contributed by atoms with Gasteiger partial charge in [0.05, 0.1) is 23.5 Å². The van der Waals surface area contributed by atoms with E-state index in [0.717, 1.165) is 24.7 Å². The second-order valence-corrected chi connectivity index (χ2v) is 8.75. The van der Waals surface area contributed by atoms with Crippen LogP contribution in [0.15, 0.2) is 36.4 Å². The van der Waals surface area contributed by atoms with Gasteiger partial charge in [-0.05, 0) is 80.6 Å². The topological polar surface area (TPSA) is 62.5 Å². The van der Waals surface area contributed by atoms with Crippen LogP contribution in [0, 0.1) is 17.7 Å². The Morgan fingerprint density at radius 3 is 2.38 bits per heavy atom. The molecule has 2 N–H and O–H groups in total. The number of amides is 1. The molecule has 29 heavy (non-hydrogen) atoms. The van der Waals surface area contributed by atoms with E-state index in [9.17, 15) is 9.18 Å². The number of carbonyl (C=O) groups is 1. The van der Waals surface area contributed by atoms with Crippen molar-refractivity contribution in [2.75, 3.05) is 31.9 Å². The van der Waals surface area contributed by atoms with Gasteiger partial charge in [-0.25, -0.2) is 4.39 Å². The summed E-state index contributed by atoms with van der Waals surface area (Å²) >= 11 is 0. The summed E-state index contributed by atoms with van der Waals surface area (Å²) in [5, 5.41) is 0. The predicted octanol–water partition coefficient (Wildman–Crippen LogP) is 2.96. The minimum Gasteiger partial charge on any atom is -0.397 e. The monoisotopic (exact) mass is 394 g/mol. The number of fused-ring (bicyclic) bond motifs is 1. The van der Waals surface area contributed by atoms with Gasteiger partial charge in [0.15, 0.2) is 0 Å². The van der Waals surface area contributed by atoms with Gasteiger partial charge in [-0.3, -0.25) is 9.78 Å². The van der Waals surface area contributed by atoms with Crippen molar-refractivity contribution in [3.8, 4) is 11.3 Å². The molecule has 0 radical (unpaired) electrons. The second kappa shape index (κ2) is 7.41. The van der Waals surface area contributed by atoms with Crippen LogP contribution in [0.5, 0.6) is 0 Å². The number of nitrogens with two attached hydrogens (primary N) is 1.